The van der Waals surface area contributed by atoms with Crippen molar-refractivity contribution in [3.8, 4) is 0 Å². The lowest BCUT2D eigenvalue weighted by molar-refractivity contribution is 0.631. The minimum atomic E-state index is -0.260. The smallest absolute Gasteiger partial charge is 0.146 e. The molecule has 0 saturated heterocycles. The van der Waals surface area contributed by atoms with Crippen molar-refractivity contribution in [2.75, 3.05) is 12.4 Å². The predicted octanol–water partition coefficient (Wildman–Crippen LogP) is 6.76. The van der Waals surface area contributed by atoms with Gasteiger partial charge in [0.2, 0.25) is 0 Å². The summed E-state index contributed by atoms with van der Waals surface area (Å²) in [4.78, 5) is 1.05. The third kappa shape index (κ3) is 4.42. The molecule has 1 aromatic heterocycles. The molecule has 0 unspecified atom stereocenters. The van der Waals surface area contributed by atoms with Crippen LogP contribution in [-0.4, -0.2) is 11.0 Å². The summed E-state index contributed by atoms with van der Waals surface area (Å²) in [5.74, 6) is -0.260. The number of hydrogen-bond acceptors (Lipinski definition) is 3. The molecule has 0 aliphatic heterocycles. The highest BCUT2D eigenvalue weighted by molar-refractivity contribution is 7.98. The second kappa shape index (κ2) is 8.49. The van der Waals surface area contributed by atoms with Crippen LogP contribution in [-0.2, 0) is 6.54 Å². The Morgan fingerprint density at radius 3 is 2.69 bits per heavy atom. The van der Waals surface area contributed by atoms with Crippen molar-refractivity contribution < 1.29 is 4.39 Å². The van der Waals surface area contributed by atoms with E-state index in [-0.39, 0.29) is 5.82 Å². The van der Waals surface area contributed by atoms with E-state index in [2.05, 4.69) is 26.9 Å². The molecule has 0 spiro atoms. The number of nitrogens with zero attached hydrogens (tertiary/aromatic N) is 1. The maximum absolute atomic E-state index is 14.3. The molecule has 29 heavy (non-hydrogen) atoms. The topological polar surface area (TPSA) is 29.0 Å². The highest BCUT2D eigenvalue weighted by Gasteiger charge is 2.11. The van der Waals surface area contributed by atoms with Gasteiger partial charge in [-0.25, -0.2) is 4.39 Å². The van der Waals surface area contributed by atoms with Crippen molar-refractivity contribution in [2.45, 2.75) is 18.4 Å². The van der Waals surface area contributed by atoms with Crippen molar-refractivity contribution in [3.63, 3.8) is 0 Å². The van der Waals surface area contributed by atoms with Crippen LogP contribution < -0.4 is 10.6 Å². The molecule has 6 heteroatoms. The van der Waals surface area contributed by atoms with Crippen LogP contribution in [0.2, 0.25) is 5.02 Å². The molecule has 0 fully saturated rings. The second-order valence-corrected chi connectivity index (χ2v) is 8.38. The number of hydrogen-bond donors (Lipinski definition) is 2. The van der Waals surface area contributed by atoms with E-state index in [1.165, 1.54) is 11.6 Å². The number of aromatic nitrogens is 1. The van der Waals surface area contributed by atoms with Crippen LogP contribution in [0.25, 0.3) is 10.9 Å². The zero-order valence-corrected chi connectivity index (χ0v) is 17.7. The predicted molar refractivity (Wildman–Crippen MR) is 122 cm³/mol. The molecule has 1 heterocycles. The van der Waals surface area contributed by atoms with Gasteiger partial charge in [0, 0.05) is 33.7 Å². The van der Waals surface area contributed by atoms with E-state index < -0.39 is 0 Å². The number of benzene rings is 3. The number of rotatable bonds is 6. The fourth-order valence-electron chi connectivity index (χ4n) is 3.27. The van der Waals surface area contributed by atoms with Crippen molar-refractivity contribution >= 4 is 45.8 Å². The first-order valence-corrected chi connectivity index (χ1v) is 10.4. The van der Waals surface area contributed by atoms with Gasteiger partial charge in [0.1, 0.15) is 5.82 Å². The molecule has 4 rings (SSSR count). The van der Waals surface area contributed by atoms with Crippen molar-refractivity contribution in [1.29, 1.82) is 0 Å². The van der Waals surface area contributed by atoms with Gasteiger partial charge in [-0.15, -0.1) is 0 Å². The fraction of sp³-hybridized carbons (Fsp3) is 0.130. The van der Waals surface area contributed by atoms with Gasteiger partial charge >= 0.3 is 0 Å². The summed E-state index contributed by atoms with van der Waals surface area (Å²) in [5.41, 5.74) is 4.45. The second-order valence-electron chi connectivity index (χ2n) is 6.90. The summed E-state index contributed by atoms with van der Waals surface area (Å²) >= 11 is 7.75. The lowest BCUT2D eigenvalue weighted by atomic mass is 10.1. The Labute approximate surface area is 179 Å². The summed E-state index contributed by atoms with van der Waals surface area (Å²) in [7, 11) is 1.93. The number of halogens is 2. The van der Waals surface area contributed by atoms with Gasteiger partial charge in [-0.3, -0.25) is 3.97 Å². The van der Waals surface area contributed by atoms with Gasteiger partial charge in [-0.05, 0) is 79.5 Å². The monoisotopic (exact) mass is 425 g/mol. The molecular formula is C23H21ClFN3S. The lowest BCUT2D eigenvalue weighted by Gasteiger charge is -2.10. The molecule has 0 atom stereocenters. The molecule has 4 aromatic rings. The van der Waals surface area contributed by atoms with E-state index in [4.69, 9.17) is 11.6 Å². The van der Waals surface area contributed by atoms with Crippen LogP contribution in [0.4, 0.5) is 15.8 Å². The summed E-state index contributed by atoms with van der Waals surface area (Å²) in [6.07, 6.45) is 2.13. The van der Waals surface area contributed by atoms with Gasteiger partial charge in [-0.2, -0.15) is 0 Å². The quantitative estimate of drug-likeness (QED) is 0.357. The molecule has 0 aliphatic rings. The zero-order chi connectivity index (χ0) is 20.4. The summed E-state index contributed by atoms with van der Waals surface area (Å²) < 4.78 is 16.4. The van der Waals surface area contributed by atoms with Gasteiger partial charge < -0.3 is 10.6 Å². The maximum Gasteiger partial charge on any atom is 0.146 e. The molecule has 0 radical (unpaired) electrons. The maximum atomic E-state index is 14.3. The molecule has 2 N–H and O–H groups in total. The number of aryl methyl sites for hydroxylation is 1. The molecule has 0 amide bonds. The fourth-order valence-corrected chi connectivity index (χ4v) is 4.50. The molecule has 0 bridgehead atoms. The number of nitrogens with one attached hydrogen (secondary N) is 2. The Bertz CT molecular complexity index is 1170. The minimum Gasteiger partial charge on any atom is -0.353 e. The Morgan fingerprint density at radius 1 is 1.07 bits per heavy atom. The number of fused-ring (bicyclic) bond motifs is 1. The highest BCUT2D eigenvalue weighted by atomic mass is 35.5. The van der Waals surface area contributed by atoms with E-state index in [9.17, 15) is 4.39 Å². The van der Waals surface area contributed by atoms with Gasteiger partial charge in [-0.1, -0.05) is 29.8 Å². The summed E-state index contributed by atoms with van der Waals surface area (Å²) in [5, 5.41) is 8.28. The van der Waals surface area contributed by atoms with Gasteiger partial charge in [0.15, 0.2) is 0 Å². The lowest BCUT2D eigenvalue weighted by Crippen LogP contribution is -2.04. The van der Waals surface area contributed by atoms with Gasteiger partial charge in [0.05, 0.1) is 11.2 Å². The minimum absolute atomic E-state index is 0.260. The zero-order valence-electron chi connectivity index (χ0n) is 16.2. The van der Waals surface area contributed by atoms with E-state index in [0.717, 1.165) is 33.6 Å². The van der Waals surface area contributed by atoms with Crippen molar-refractivity contribution in [3.05, 3.63) is 88.8 Å². The third-order valence-corrected chi connectivity index (χ3v) is 5.82. The van der Waals surface area contributed by atoms with E-state index in [1.807, 2.05) is 56.4 Å². The average Bonchev–Trinajstić information content (AvgIpc) is 3.01. The van der Waals surface area contributed by atoms with Crippen molar-refractivity contribution in [1.82, 2.24) is 9.29 Å². The molecule has 3 aromatic carbocycles. The first-order chi connectivity index (χ1) is 14.0. The molecular weight excluding hydrogens is 405 g/mol. The molecule has 3 nitrogen and oxygen atoms in total. The van der Waals surface area contributed by atoms with Crippen LogP contribution in [0.5, 0.6) is 0 Å². The van der Waals surface area contributed by atoms with Crippen molar-refractivity contribution in [2.24, 2.45) is 0 Å². The summed E-state index contributed by atoms with van der Waals surface area (Å²) in [6, 6.07) is 19.1. The Kier molecular flexibility index (Phi) is 5.81. The van der Waals surface area contributed by atoms with Crippen LogP contribution in [0.3, 0.4) is 0 Å². The van der Waals surface area contributed by atoms with Crippen LogP contribution in [0.15, 0.2) is 71.8 Å². The van der Waals surface area contributed by atoms with Gasteiger partial charge in [0.25, 0.3) is 0 Å². The SMILES string of the molecule is CNCc1cn(Sc2cccc(Cl)c2)c2cc(Nc3ccc(C)cc3F)ccc12. The normalized spacial score (nSPS) is 11.2. The Morgan fingerprint density at radius 2 is 1.93 bits per heavy atom. The molecule has 0 saturated carbocycles. The summed E-state index contributed by atoms with van der Waals surface area (Å²) in [6.45, 7) is 2.64. The first kappa shape index (κ1) is 19.8. The van der Waals surface area contributed by atoms with Crippen LogP contribution in [0.1, 0.15) is 11.1 Å². The molecule has 148 valence electrons. The van der Waals surface area contributed by atoms with E-state index >= 15 is 0 Å². The van der Waals surface area contributed by atoms with E-state index in [0.29, 0.717) is 10.7 Å². The first-order valence-electron chi connectivity index (χ1n) is 9.29. The Hall–Kier alpha value is -2.47. The van der Waals surface area contributed by atoms with Crippen LogP contribution in [0, 0.1) is 12.7 Å². The third-order valence-electron chi connectivity index (χ3n) is 4.62. The molecule has 0 aliphatic carbocycles. The Balaban J connectivity index is 1.73. The number of anilines is 2. The average molecular weight is 426 g/mol. The van der Waals surface area contributed by atoms with E-state index in [1.54, 1.807) is 18.0 Å². The highest BCUT2D eigenvalue weighted by Crippen LogP contribution is 2.33. The standard InChI is InChI=1S/C23H21ClFN3S/c1-15-6-9-22(21(25)10-15)27-18-7-8-20-16(13-26-2)14-28(23(20)12-18)29-19-5-3-4-17(24)11-19/h3-12,14,26-27H,13H2,1-2H3. The largest absolute Gasteiger partial charge is 0.353 e. The van der Waals surface area contributed by atoms with Crippen LogP contribution >= 0.6 is 23.5 Å².